The highest BCUT2D eigenvalue weighted by molar-refractivity contribution is 5.42. The highest BCUT2D eigenvalue weighted by atomic mass is 16.5. The number of hydrogen-bond donors (Lipinski definition) is 0. The van der Waals surface area contributed by atoms with E-state index in [9.17, 15) is 0 Å². The van der Waals surface area contributed by atoms with Crippen LogP contribution in [0.15, 0.2) is 29.4 Å². The second-order valence-corrected chi connectivity index (χ2v) is 3.20. The Bertz CT molecular complexity index is 417. The summed E-state index contributed by atoms with van der Waals surface area (Å²) < 4.78 is 5.49. The molecule has 0 N–H and O–H groups in total. The first kappa shape index (κ1) is 12.0. The van der Waals surface area contributed by atoms with Crippen molar-refractivity contribution < 1.29 is 4.74 Å². The van der Waals surface area contributed by atoms with Gasteiger partial charge in [-0.25, -0.2) is 0 Å². The van der Waals surface area contributed by atoms with Gasteiger partial charge in [0.05, 0.1) is 6.61 Å². The first-order valence-corrected chi connectivity index (χ1v) is 5.08. The number of unbranched alkanes of at least 4 members (excludes halogenated alkanes) is 2. The SMILES string of the molecule is C#CCCCCOc1cccc(N=[N+]=[N-])c1. The van der Waals surface area contributed by atoms with Gasteiger partial charge in [-0.05, 0) is 30.5 Å². The molecule has 0 atom stereocenters. The summed E-state index contributed by atoms with van der Waals surface area (Å²) in [4.78, 5) is 2.72. The van der Waals surface area contributed by atoms with Crippen LogP contribution in [0.25, 0.3) is 10.4 Å². The summed E-state index contributed by atoms with van der Waals surface area (Å²) in [5.41, 5.74) is 8.84. The molecule has 0 aliphatic carbocycles. The zero-order valence-electron chi connectivity index (χ0n) is 8.97. The van der Waals surface area contributed by atoms with Gasteiger partial charge in [0.1, 0.15) is 5.75 Å². The molecule has 4 nitrogen and oxygen atoms in total. The number of azide groups is 1. The standard InChI is InChI=1S/C12H13N3O/c1-2-3-4-5-9-16-12-8-6-7-11(10-12)14-15-13/h1,6-8,10H,3-5,9H2. The summed E-state index contributed by atoms with van der Waals surface area (Å²) in [7, 11) is 0. The number of rotatable bonds is 6. The lowest BCUT2D eigenvalue weighted by Gasteiger charge is -2.05. The molecule has 0 aliphatic rings. The van der Waals surface area contributed by atoms with Crippen molar-refractivity contribution in [1.82, 2.24) is 0 Å². The maximum Gasteiger partial charge on any atom is 0.119 e. The Morgan fingerprint density at radius 2 is 2.31 bits per heavy atom. The Hall–Kier alpha value is -2.11. The molecule has 0 aliphatic heterocycles. The zero-order chi connectivity index (χ0) is 11.6. The van der Waals surface area contributed by atoms with Crippen molar-refractivity contribution in [2.24, 2.45) is 5.11 Å². The van der Waals surface area contributed by atoms with Gasteiger partial charge >= 0.3 is 0 Å². The average molecular weight is 215 g/mol. The van der Waals surface area contributed by atoms with Crippen LogP contribution < -0.4 is 4.74 Å². The molecule has 82 valence electrons. The van der Waals surface area contributed by atoms with Crippen LogP contribution in [0, 0.1) is 12.3 Å². The second-order valence-electron chi connectivity index (χ2n) is 3.20. The van der Waals surface area contributed by atoms with Crippen LogP contribution >= 0.6 is 0 Å². The molecule has 0 saturated carbocycles. The Balaban J connectivity index is 2.39. The lowest BCUT2D eigenvalue weighted by Crippen LogP contribution is -1.96. The third kappa shape index (κ3) is 4.41. The van der Waals surface area contributed by atoms with Gasteiger partial charge < -0.3 is 4.74 Å². The molecule has 0 saturated heterocycles. The summed E-state index contributed by atoms with van der Waals surface area (Å²) in [6.45, 7) is 0.626. The van der Waals surface area contributed by atoms with Gasteiger partial charge in [-0.3, -0.25) is 0 Å². The van der Waals surface area contributed by atoms with Crippen LogP contribution in [0.1, 0.15) is 19.3 Å². The molecular weight excluding hydrogens is 202 g/mol. The number of ether oxygens (including phenoxy) is 1. The van der Waals surface area contributed by atoms with E-state index in [1.807, 2.05) is 6.07 Å². The predicted molar refractivity (Wildman–Crippen MR) is 63.4 cm³/mol. The van der Waals surface area contributed by atoms with Crippen molar-refractivity contribution >= 4 is 5.69 Å². The second kappa shape index (κ2) is 7.22. The van der Waals surface area contributed by atoms with Crippen LogP contribution in [0.4, 0.5) is 5.69 Å². The van der Waals surface area contributed by atoms with Gasteiger partial charge in [0.15, 0.2) is 0 Å². The predicted octanol–water partition coefficient (Wildman–Crippen LogP) is 3.81. The third-order valence-electron chi connectivity index (χ3n) is 1.96. The molecule has 0 aromatic heterocycles. The quantitative estimate of drug-likeness (QED) is 0.234. The smallest absolute Gasteiger partial charge is 0.119 e. The largest absolute Gasteiger partial charge is 0.494 e. The van der Waals surface area contributed by atoms with Gasteiger partial charge in [-0.1, -0.05) is 17.2 Å². The van der Waals surface area contributed by atoms with Gasteiger partial charge in [-0.15, -0.1) is 12.3 Å². The lowest BCUT2D eigenvalue weighted by atomic mass is 10.2. The minimum Gasteiger partial charge on any atom is -0.494 e. The van der Waals surface area contributed by atoms with Gasteiger partial charge in [0, 0.05) is 17.0 Å². The molecular formula is C12H13N3O. The minimum atomic E-state index is 0.559. The highest BCUT2D eigenvalue weighted by Gasteiger charge is 1.95. The number of hydrogen-bond acceptors (Lipinski definition) is 2. The fourth-order valence-electron chi connectivity index (χ4n) is 1.21. The van der Waals surface area contributed by atoms with Crippen LogP contribution in [0.2, 0.25) is 0 Å². The summed E-state index contributed by atoms with van der Waals surface area (Å²) in [5, 5.41) is 3.50. The fraction of sp³-hybridized carbons (Fsp3) is 0.333. The minimum absolute atomic E-state index is 0.559. The van der Waals surface area contributed by atoms with Crippen LogP contribution in [0.5, 0.6) is 5.75 Å². The molecule has 0 bridgehead atoms. The molecule has 16 heavy (non-hydrogen) atoms. The first-order chi connectivity index (χ1) is 7.86. The molecule has 0 amide bonds. The summed E-state index contributed by atoms with van der Waals surface area (Å²) >= 11 is 0. The molecule has 1 rings (SSSR count). The fourth-order valence-corrected chi connectivity index (χ4v) is 1.21. The third-order valence-corrected chi connectivity index (χ3v) is 1.96. The summed E-state index contributed by atoms with van der Waals surface area (Å²) in [6.07, 6.45) is 7.81. The summed E-state index contributed by atoms with van der Waals surface area (Å²) in [5.74, 6) is 3.30. The Labute approximate surface area is 94.9 Å². The van der Waals surface area contributed by atoms with Crippen molar-refractivity contribution in [1.29, 1.82) is 0 Å². The van der Waals surface area contributed by atoms with Crippen molar-refractivity contribution in [3.05, 3.63) is 34.7 Å². The van der Waals surface area contributed by atoms with Crippen LogP contribution in [-0.4, -0.2) is 6.61 Å². The van der Waals surface area contributed by atoms with E-state index >= 15 is 0 Å². The zero-order valence-corrected chi connectivity index (χ0v) is 8.97. The van der Waals surface area contributed by atoms with E-state index in [1.165, 1.54) is 0 Å². The molecule has 1 aromatic carbocycles. The van der Waals surface area contributed by atoms with Crippen molar-refractivity contribution in [2.75, 3.05) is 6.61 Å². The van der Waals surface area contributed by atoms with E-state index in [1.54, 1.807) is 18.2 Å². The monoisotopic (exact) mass is 215 g/mol. The summed E-state index contributed by atoms with van der Waals surface area (Å²) in [6, 6.07) is 7.06. The van der Waals surface area contributed by atoms with E-state index in [-0.39, 0.29) is 0 Å². The van der Waals surface area contributed by atoms with E-state index in [0.29, 0.717) is 18.0 Å². The van der Waals surface area contributed by atoms with E-state index < -0.39 is 0 Å². The average Bonchev–Trinajstić information content (AvgIpc) is 2.30. The number of benzene rings is 1. The van der Waals surface area contributed by atoms with Gasteiger partial charge in [-0.2, -0.15) is 0 Å². The Morgan fingerprint density at radius 3 is 3.06 bits per heavy atom. The van der Waals surface area contributed by atoms with E-state index in [4.69, 9.17) is 16.7 Å². The molecule has 0 radical (unpaired) electrons. The topological polar surface area (TPSA) is 58.0 Å². The number of nitrogens with zero attached hydrogens (tertiary/aromatic N) is 3. The first-order valence-electron chi connectivity index (χ1n) is 5.08. The van der Waals surface area contributed by atoms with Gasteiger partial charge in [0.25, 0.3) is 0 Å². The van der Waals surface area contributed by atoms with E-state index in [0.717, 1.165) is 19.3 Å². The van der Waals surface area contributed by atoms with Crippen molar-refractivity contribution in [3.8, 4) is 18.1 Å². The Morgan fingerprint density at radius 1 is 1.44 bits per heavy atom. The van der Waals surface area contributed by atoms with Gasteiger partial charge in [0.2, 0.25) is 0 Å². The maximum atomic E-state index is 8.28. The van der Waals surface area contributed by atoms with Crippen LogP contribution in [0.3, 0.4) is 0 Å². The molecule has 0 fully saturated rings. The highest BCUT2D eigenvalue weighted by Crippen LogP contribution is 2.20. The molecule has 0 spiro atoms. The molecule has 0 heterocycles. The van der Waals surface area contributed by atoms with Crippen molar-refractivity contribution in [3.63, 3.8) is 0 Å². The molecule has 0 unspecified atom stereocenters. The Kier molecular flexibility index (Phi) is 5.40. The lowest BCUT2D eigenvalue weighted by molar-refractivity contribution is 0.308. The maximum absolute atomic E-state index is 8.28. The van der Waals surface area contributed by atoms with Crippen LogP contribution in [-0.2, 0) is 0 Å². The van der Waals surface area contributed by atoms with E-state index in [2.05, 4.69) is 15.9 Å². The van der Waals surface area contributed by atoms with Crippen molar-refractivity contribution in [2.45, 2.75) is 19.3 Å². The molecule has 1 aromatic rings. The molecule has 4 heteroatoms. The number of terminal acetylenes is 1. The normalized spacial score (nSPS) is 8.94.